The molecular weight excluding hydrogens is 318 g/mol. The highest BCUT2D eigenvalue weighted by Crippen LogP contribution is 2.20. The van der Waals surface area contributed by atoms with Crippen molar-refractivity contribution in [2.75, 3.05) is 11.9 Å². The highest BCUT2D eigenvalue weighted by atomic mass is 32.1. The Kier molecular flexibility index (Phi) is 6.74. The summed E-state index contributed by atoms with van der Waals surface area (Å²) in [7, 11) is 0. The number of nitrogens with one attached hydrogen (secondary N) is 2. The zero-order valence-corrected chi connectivity index (χ0v) is 14.2. The van der Waals surface area contributed by atoms with Gasteiger partial charge in [-0.05, 0) is 50.7 Å². The molecule has 2 unspecified atom stereocenters. The van der Waals surface area contributed by atoms with E-state index in [-0.39, 0.29) is 11.7 Å². The number of rotatable bonds is 5. The monoisotopic (exact) mass is 341 g/mol. The van der Waals surface area contributed by atoms with Gasteiger partial charge < -0.3 is 31.3 Å². The van der Waals surface area contributed by atoms with Crippen LogP contribution < -0.4 is 16.4 Å². The summed E-state index contributed by atoms with van der Waals surface area (Å²) in [5, 5.41) is 25.4. The highest BCUT2D eigenvalue weighted by Gasteiger charge is 2.21. The van der Waals surface area contributed by atoms with Crippen LogP contribution in [-0.2, 0) is 4.74 Å². The number of alkyl carbamates (subject to hydrolysis) is 1. The lowest BCUT2D eigenvalue weighted by molar-refractivity contribution is 0.0129. The first-order valence-electron chi connectivity index (χ1n) is 7.08. The van der Waals surface area contributed by atoms with E-state index in [0.29, 0.717) is 11.3 Å². The second-order valence-corrected chi connectivity index (χ2v) is 6.45. The van der Waals surface area contributed by atoms with Crippen LogP contribution in [0.5, 0.6) is 0 Å². The van der Waals surface area contributed by atoms with Crippen molar-refractivity contribution in [1.29, 1.82) is 0 Å². The van der Waals surface area contributed by atoms with Crippen LogP contribution in [-0.4, -0.2) is 39.7 Å². The lowest BCUT2D eigenvalue weighted by Crippen LogP contribution is -2.38. The molecule has 6 N–H and O–H groups in total. The van der Waals surface area contributed by atoms with E-state index in [1.165, 1.54) is 0 Å². The van der Waals surface area contributed by atoms with Crippen LogP contribution in [0.15, 0.2) is 24.3 Å². The van der Waals surface area contributed by atoms with Crippen molar-refractivity contribution in [1.82, 2.24) is 5.32 Å². The van der Waals surface area contributed by atoms with E-state index in [2.05, 4.69) is 10.6 Å². The fraction of sp³-hybridized carbons (Fsp3) is 0.467. The Hall–Kier alpha value is -1.90. The summed E-state index contributed by atoms with van der Waals surface area (Å²) in [6, 6.07) is 6.67. The van der Waals surface area contributed by atoms with Crippen LogP contribution >= 0.6 is 12.2 Å². The average Bonchev–Trinajstić information content (AvgIpc) is 2.41. The predicted molar refractivity (Wildman–Crippen MR) is 92.1 cm³/mol. The molecule has 0 aliphatic rings. The van der Waals surface area contributed by atoms with Crippen molar-refractivity contribution >= 4 is 29.1 Å². The van der Waals surface area contributed by atoms with Gasteiger partial charge in [-0.25, -0.2) is 4.79 Å². The Bertz CT molecular complexity index is 560. The molecule has 0 spiro atoms. The van der Waals surface area contributed by atoms with Gasteiger partial charge in [-0.1, -0.05) is 12.1 Å². The van der Waals surface area contributed by atoms with Crippen LogP contribution in [0, 0.1) is 0 Å². The third kappa shape index (κ3) is 7.27. The number of nitrogens with two attached hydrogens (primary N) is 1. The van der Waals surface area contributed by atoms with E-state index in [1.807, 2.05) is 0 Å². The lowest BCUT2D eigenvalue weighted by Gasteiger charge is -2.22. The van der Waals surface area contributed by atoms with Gasteiger partial charge in [0.2, 0.25) is 0 Å². The van der Waals surface area contributed by atoms with Crippen LogP contribution in [0.4, 0.5) is 10.5 Å². The minimum Gasteiger partial charge on any atom is -0.444 e. The third-order valence-electron chi connectivity index (χ3n) is 2.71. The van der Waals surface area contributed by atoms with Crippen LogP contribution in [0.1, 0.15) is 32.4 Å². The molecule has 128 valence electrons. The van der Waals surface area contributed by atoms with Crippen LogP contribution in [0.2, 0.25) is 0 Å². The van der Waals surface area contributed by atoms with Gasteiger partial charge in [0.15, 0.2) is 5.11 Å². The third-order valence-corrected chi connectivity index (χ3v) is 2.82. The molecular formula is C15H23N3O4S. The van der Waals surface area contributed by atoms with Crippen molar-refractivity contribution in [3.05, 3.63) is 29.8 Å². The van der Waals surface area contributed by atoms with Crippen molar-refractivity contribution in [2.24, 2.45) is 5.73 Å². The summed E-state index contributed by atoms with van der Waals surface area (Å²) in [5.41, 5.74) is 5.82. The van der Waals surface area contributed by atoms with Gasteiger partial charge in [-0.15, -0.1) is 0 Å². The lowest BCUT2D eigenvalue weighted by atomic mass is 10.0. The molecule has 0 aliphatic heterocycles. The maximum atomic E-state index is 11.5. The summed E-state index contributed by atoms with van der Waals surface area (Å²) in [6.45, 7) is 5.05. The van der Waals surface area contributed by atoms with E-state index in [9.17, 15) is 15.0 Å². The van der Waals surface area contributed by atoms with Gasteiger partial charge >= 0.3 is 6.09 Å². The smallest absolute Gasteiger partial charge is 0.407 e. The molecule has 1 amide bonds. The Morgan fingerprint density at radius 1 is 1.39 bits per heavy atom. The summed E-state index contributed by atoms with van der Waals surface area (Å²) < 4.78 is 5.06. The van der Waals surface area contributed by atoms with Gasteiger partial charge in [0.1, 0.15) is 17.8 Å². The molecule has 0 fully saturated rings. The summed E-state index contributed by atoms with van der Waals surface area (Å²) >= 11 is 4.75. The molecule has 0 bridgehead atoms. The van der Waals surface area contributed by atoms with E-state index >= 15 is 0 Å². The van der Waals surface area contributed by atoms with Crippen molar-refractivity contribution in [2.45, 2.75) is 38.6 Å². The van der Waals surface area contributed by atoms with Gasteiger partial charge in [0.25, 0.3) is 0 Å². The fourth-order valence-corrected chi connectivity index (χ4v) is 1.90. The SMILES string of the molecule is CC(C)(C)OC(=O)NCC(O)C(O)c1cccc(NC(N)=S)c1. The molecule has 1 aromatic rings. The molecule has 0 aromatic heterocycles. The van der Waals surface area contributed by atoms with Gasteiger partial charge in [-0.3, -0.25) is 0 Å². The Balaban J connectivity index is 2.61. The summed E-state index contributed by atoms with van der Waals surface area (Å²) in [5.74, 6) is 0. The number of aliphatic hydroxyl groups excluding tert-OH is 2. The predicted octanol–water partition coefficient (Wildman–Crippen LogP) is 1.26. The molecule has 0 radical (unpaired) electrons. The molecule has 0 heterocycles. The van der Waals surface area contributed by atoms with Gasteiger partial charge in [0.05, 0.1) is 0 Å². The zero-order valence-electron chi connectivity index (χ0n) is 13.4. The van der Waals surface area contributed by atoms with Crippen LogP contribution in [0.25, 0.3) is 0 Å². The normalized spacial score (nSPS) is 13.8. The molecule has 7 nitrogen and oxygen atoms in total. The Labute approximate surface area is 140 Å². The van der Waals surface area contributed by atoms with Gasteiger partial charge in [-0.2, -0.15) is 0 Å². The van der Waals surface area contributed by atoms with E-state index in [0.717, 1.165) is 0 Å². The number of ether oxygens (including phenoxy) is 1. The molecule has 2 atom stereocenters. The molecule has 0 aliphatic carbocycles. The minimum absolute atomic E-state index is 0.101. The first-order valence-corrected chi connectivity index (χ1v) is 7.48. The van der Waals surface area contributed by atoms with Crippen molar-refractivity contribution < 1.29 is 19.7 Å². The fourth-order valence-electron chi connectivity index (χ4n) is 1.78. The quantitative estimate of drug-likeness (QED) is 0.512. The standard InChI is InChI=1S/C15H23N3O4S/c1-15(2,3)22-14(21)17-8-11(19)12(20)9-5-4-6-10(7-9)18-13(16)23/h4-7,11-12,19-20H,8H2,1-3H3,(H,17,21)(H3,16,18,23). The number of aliphatic hydroxyl groups is 2. The number of hydrogen-bond acceptors (Lipinski definition) is 5. The van der Waals surface area contributed by atoms with Crippen molar-refractivity contribution in [3.63, 3.8) is 0 Å². The average molecular weight is 341 g/mol. The second kappa shape index (κ2) is 8.09. The Morgan fingerprint density at radius 2 is 2.04 bits per heavy atom. The Morgan fingerprint density at radius 3 is 2.61 bits per heavy atom. The molecule has 1 rings (SSSR count). The van der Waals surface area contributed by atoms with Gasteiger partial charge in [0, 0.05) is 12.2 Å². The maximum absolute atomic E-state index is 11.5. The number of carbonyl (C=O) groups is 1. The number of amides is 1. The van der Waals surface area contributed by atoms with Crippen LogP contribution in [0.3, 0.4) is 0 Å². The molecule has 8 heteroatoms. The first kappa shape index (κ1) is 19.1. The first-order chi connectivity index (χ1) is 10.6. The topological polar surface area (TPSA) is 117 Å². The zero-order chi connectivity index (χ0) is 17.6. The minimum atomic E-state index is -1.19. The second-order valence-electron chi connectivity index (χ2n) is 6.01. The molecule has 23 heavy (non-hydrogen) atoms. The number of anilines is 1. The molecule has 1 aromatic carbocycles. The summed E-state index contributed by atoms with van der Waals surface area (Å²) in [6.07, 6.45) is -3.03. The number of hydrogen-bond donors (Lipinski definition) is 5. The number of carbonyl (C=O) groups excluding carboxylic acids is 1. The number of benzene rings is 1. The molecule has 0 saturated heterocycles. The van der Waals surface area contributed by atoms with Crippen molar-refractivity contribution in [3.8, 4) is 0 Å². The maximum Gasteiger partial charge on any atom is 0.407 e. The van der Waals surface area contributed by atoms with E-state index in [4.69, 9.17) is 22.7 Å². The largest absolute Gasteiger partial charge is 0.444 e. The molecule has 0 saturated carbocycles. The highest BCUT2D eigenvalue weighted by molar-refractivity contribution is 7.80. The van der Waals surface area contributed by atoms with E-state index < -0.39 is 23.9 Å². The summed E-state index contributed by atoms with van der Waals surface area (Å²) in [4.78, 5) is 11.5. The van der Waals surface area contributed by atoms with E-state index in [1.54, 1.807) is 45.0 Å². The number of thiocarbonyl (C=S) groups is 1.